The molecular weight excluding hydrogens is 269 g/mol. The first-order valence-electron chi connectivity index (χ1n) is 5.58. The van der Waals surface area contributed by atoms with Crippen LogP contribution in [-0.2, 0) is 0 Å². The fourth-order valence-electron chi connectivity index (χ4n) is 1.83. The van der Waals surface area contributed by atoms with Crippen molar-refractivity contribution in [3.63, 3.8) is 0 Å². The number of H-pyrrole nitrogens is 1. The molecule has 0 aliphatic heterocycles. The van der Waals surface area contributed by atoms with Crippen molar-refractivity contribution < 1.29 is 9.13 Å². The van der Waals surface area contributed by atoms with Gasteiger partial charge in [-0.1, -0.05) is 11.6 Å². The van der Waals surface area contributed by atoms with Gasteiger partial charge in [0.15, 0.2) is 11.6 Å². The summed E-state index contributed by atoms with van der Waals surface area (Å²) in [5, 5.41) is 0.709. The minimum atomic E-state index is -0.453. The van der Waals surface area contributed by atoms with Gasteiger partial charge in [0.25, 0.3) is 0 Å². The number of rotatable bonds is 2. The van der Waals surface area contributed by atoms with Crippen molar-refractivity contribution in [2.45, 2.75) is 6.92 Å². The zero-order chi connectivity index (χ0) is 13.4. The van der Waals surface area contributed by atoms with E-state index in [4.69, 9.17) is 16.3 Å². The number of aryl methyl sites for hydroxylation is 1. The summed E-state index contributed by atoms with van der Waals surface area (Å²) in [5.41, 5.74) is 1.60. The van der Waals surface area contributed by atoms with E-state index in [1.165, 1.54) is 18.3 Å². The van der Waals surface area contributed by atoms with Gasteiger partial charge in [0, 0.05) is 22.8 Å². The number of hydrogen-bond donors (Lipinski definition) is 1. The molecule has 6 heteroatoms. The summed E-state index contributed by atoms with van der Waals surface area (Å²) in [4.78, 5) is 10.8. The molecule has 0 unspecified atom stereocenters. The third-order valence-electron chi connectivity index (χ3n) is 2.64. The monoisotopic (exact) mass is 277 g/mol. The Morgan fingerprint density at radius 3 is 2.95 bits per heavy atom. The van der Waals surface area contributed by atoms with Gasteiger partial charge in [-0.25, -0.2) is 9.37 Å². The first kappa shape index (κ1) is 11.9. The van der Waals surface area contributed by atoms with E-state index >= 15 is 0 Å². The summed E-state index contributed by atoms with van der Waals surface area (Å²) in [5.74, 6) is -0.390. The molecule has 3 aromatic rings. The Bertz CT molecular complexity index is 757. The second kappa shape index (κ2) is 4.51. The molecule has 0 aliphatic carbocycles. The Kier molecular flexibility index (Phi) is 2.83. The maximum atomic E-state index is 14.2. The van der Waals surface area contributed by atoms with E-state index in [0.29, 0.717) is 5.39 Å². The Morgan fingerprint density at radius 1 is 1.32 bits per heavy atom. The van der Waals surface area contributed by atoms with Crippen LogP contribution in [0.1, 0.15) is 5.69 Å². The number of hydrogen-bond acceptors (Lipinski definition) is 3. The number of fused-ring (bicyclic) bond motifs is 1. The maximum absolute atomic E-state index is 14.2. The predicted octanol–water partition coefficient (Wildman–Crippen LogP) is 3.85. The summed E-state index contributed by atoms with van der Waals surface area (Å²) in [7, 11) is 0. The lowest BCUT2D eigenvalue weighted by atomic mass is 10.2. The first-order chi connectivity index (χ1) is 9.13. The van der Waals surface area contributed by atoms with E-state index < -0.39 is 5.82 Å². The molecule has 0 fully saturated rings. The lowest BCUT2D eigenvalue weighted by molar-refractivity contribution is 0.414. The van der Waals surface area contributed by atoms with Crippen molar-refractivity contribution in [3.8, 4) is 11.8 Å². The number of aromatic amines is 1. The molecule has 0 bridgehead atoms. The summed E-state index contributed by atoms with van der Waals surface area (Å²) in [6.07, 6.45) is 1.45. The van der Waals surface area contributed by atoms with E-state index in [-0.39, 0.29) is 16.9 Å². The summed E-state index contributed by atoms with van der Waals surface area (Å²) in [6.45, 7) is 1.86. The fourth-order valence-corrected chi connectivity index (χ4v) is 1.96. The number of ether oxygens (including phenoxy) is 1. The molecule has 0 radical (unpaired) electrons. The number of halogens is 2. The topological polar surface area (TPSA) is 50.8 Å². The van der Waals surface area contributed by atoms with Crippen molar-refractivity contribution in [1.82, 2.24) is 15.0 Å². The zero-order valence-electron chi connectivity index (χ0n) is 9.95. The van der Waals surface area contributed by atoms with E-state index in [9.17, 15) is 4.39 Å². The van der Waals surface area contributed by atoms with Gasteiger partial charge in [0.05, 0.1) is 0 Å². The Morgan fingerprint density at radius 2 is 2.16 bits per heavy atom. The molecule has 19 heavy (non-hydrogen) atoms. The molecule has 0 amide bonds. The van der Waals surface area contributed by atoms with Gasteiger partial charge in [-0.2, -0.15) is 4.98 Å². The van der Waals surface area contributed by atoms with E-state index in [1.807, 2.05) is 6.92 Å². The number of aromatic nitrogens is 3. The van der Waals surface area contributed by atoms with Crippen LogP contribution in [0.3, 0.4) is 0 Å². The van der Waals surface area contributed by atoms with E-state index in [2.05, 4.69) is 15.0 Å². The van der Waals surface area contributed by atoms with Crippen LogP contribution >= 0.6 is 11.6 Å². The molecule has 4 nitrogen and oxygen atoms in total. The molecule has 3 rings (SSSR count). The number of nitrogens with zero attached hydrogens (tertiary/aromatic N) is 2. The van der Waals surface area contributed by atoms with Gasteiger partial charge >= 0.3 is 6.01 Å². The lowest BCUT2D eigenvalue weighted by Crippen LogP contribution is -1.93. The quantitative estimate of drug-likeness (QED) is 0.724. The molecule has 2 aromatic heterocycles. The van der Waals surface area contributed by atoms with Gasteiger partial charge in [-0.3, -0.25) is 0 Å². The van der Waals surface area contributed by atoms with E-state index in [0.717, 1.165) is 11.2 Å². The standard InChI is InChI=1S/C13H9ClFN3O/c1-7-6-8-9(17-7)2-3-10(12(8)15)19-13-16-5-4-11(14)18-13/h2-6,17H,1H3. The Hall–Kier alpha value is -2.14. The average molecular weight is 278 g/mol. The summed E-state index contributed by atoms with van der Waals surface area (Å²) >= 11 is 5.72. The molecule has 0 spiro atoms. The van der Waals surface area contributed by atoms with Crippen LogP contribution < -0.4 is 4.74 Å². The van der Waals surface area contributed by atoms with Gasteiger partial charge in [0.1, 0.15) is 5.15 Å². The highest BCUT2D eigenvalue weighted by Gasteiger charge is 2.12. The molecule has 0 saturated carbocycles. The highest BCUT2D eigenvalue weighted by molar-refractivity contribution is 6.29. The molecule has 1 N–H and O–H groups in total. The molecule has 2 heterocycles. The molecule has 0 saturated heterocycles. The number of benzene rings is 1. The smallest absolute Gasteiger partial charge is 0.323 e. The van der Waals surface area contributed by atoms with Gasteiger partial charge in [-0.15, -0.1) is 0 Å². The van der Waals surface area contributed by atoms with Gasteiger partial charge in [-0.05, 0) is 31.2 Å². The highest BCUT2D eigenvalue weighted by Crippen LogP contribution is 2.29. The summed E-state index contributed by atoms with van der Waals surface area (Å²) < 4.78 is 19.5. The normalized spacial score (nSPS) is 10.9. The molecule has 0 atom stereocenters. The first-order valence-corrected chi connectivity index (χ1v) is 5.95. The third-order valence-corrected chi connectivity index (χ3v) is 2.85. The van der Waals surface area contributed by atoms with Crippen LogP contribution in [0.5, 0.6) is 11.8 Å². The van der Waals surface area contributed by atoms with Crippen LogP contribution in [-0.4, -0.2) is 15.0 Å². The Balaban J connectivity index is 2.03. The second-order valence-electron chi connectivity index (χ2n) is 4.06. The van der Waals surface area contributed by atoms with Crippen molar-refractivity contribution >= 4 is 22.5 Å². The highest BCUT2D eigenvalue weighted by atomic mass is 35.5. The van der Waals surface area contributed by atoms with Crippen LogP contribution in [0.15, 0.2) is 30.5 Å². The second-order valence-corrected chi connectivity index (χ2v) is 4.44. The zero-order valence-corrected chi connectivity index (χ0v) is 10.7. The van der Waals surface area contributed by atoms with Gasteiger partial charge in [0.2, 0.25) is 0 Å². The van der Waals surface area contributed by atoms with Crippen LogP contribution in [0, 0.1) is 12.7 Å². The maximum Gasteiger partial charge on any atom is 0.323 e. The molecule has 96 valence electrons. The SMILES string of the molecule is Cc1cc2c(F)c(Oc3nccc(Cl)n3)ccc2[nH]1. The van der Waals surface area contributed by atoms with Crippen molar-refractivity contribution in [1.29, 1.82) is 0 Å². The average Bonchev–Trinajstić information content (AvgIpc) is 2.75. The van der Waals surface area contributed by atoms with Crippen molar-refractivity contribution in [2.75, 3.05) is 0 Å². The van der Waals surface area contributed by atoms with Gasteiger partial charge < -0.3 is 9.72 Å². The van der Waals surface area contributed by atoms with Crippen molar-refractivity contribution in [2.24, 2.45) is 0 Å². The Labute approximate surface area is 113 Å². The van der Waals surface area contributed by atoms with Crippen LogP contribution in [0.2, 0.25) is 5.15 Å². The van der Waals surface area contributed by atoms with Crippen LogP contribution in [0.4, 0.5) is 4.39 Å². The summed E-state index contributed by atoms with van der Waals surface area (Å²) in [6, 6.07) is 6.52. The number of nitrogens with one attached hydrogen (secondary N) is 1. The molecular formula is C13H9ClFN3O. The predicted molar refractivity (Wildman–Crippen MR) is 70.1 cm³/mol. The minimum absolute atomic E-state index is 0.0120. The molecule has 0 aliphatic rings. The van der Waals surface area contributed by atoms with E-state index in [1.54, 1.807) is 12.1 Å². The third kappa shape index (κ3) is 2.24. The van der Waals surface area contributed by atoms with Crippen molar-refractivity contribution in [3.05, 3.63) is 47.1 Å². The molecule has 1 aromatic carbocycles. The van der Waals surface area contributed by atoms with Crippen LogP contribution in [0.25, 0.3) is 10.9 Å². The minimum Gasteiger partial charge on any atom is -0.421 e. The fraction of sp³-hybridized carbons (Fsp3) is 0.0769. The largest absolute Gasteiger partial charge is 0.421 e. The lowest BCUT2D eigenvalue weighted by Gasteiger charge is -2.05.